The van der Waals surface area contributed by atoms with Gasteiger partial charge in [0.25, 0.3) is 5.91 Å². The van der Waals surface area contributed by atoms with Crippen LogP contribution in [0.15, 0.2) is 152 Å². The van der Waals surface area contributed by atoms with Crippen molar-refractivity contribution in [2.75, 3.05) is 50.0 Å². The fraction of sp³-hybridized carbons (Fsp3) is 0.310. The van der Waals surface area contributed by atoms with E-state index in [-0.39, 0.29) is 17.7 Å². The standard InChI is InChI=1S/C33H33ClN4O4S.C25H25ClN2O4S.C21H23ClN2O3S.C8H9BN2O2/c1-18-13-24-30(28(19-7-10-23(34)11-8-19)27(18)29(31(40)41-6)42-33(2,3)4)43-32(36-24)38-17-22(15-26(38)39)20-9-12-25-21(14-20)16-35-37(25)5;1-14-13-17-22(33-24(27-17)28-12-6-7-18(28)29)20(15-8-10-16(26)11-9-15)19(14)21(23(30)31-5)32-25(2,3)4;1-11-10-14-18(28-20(23)24-14)16(12-6-8-13(22)9-7-12)15(11)17(19(25)26-5)27-21(2,3)4;1-11-8-3-2-7(9(12)13)4-6(8)5-10-11/h7-14,16,22,29H,15,17H2,1-6H3;6-11,13,21H,12H2,1-5H3;6-10,17H,1-5H3,(H2,23,24);2-5,12-13H,1H3/t22?,29-;21-;17-;/m000./s1. The number of hydrogen-bond acceptors (Lipinski definition) is 22. The summed E-state index contributed by atoms with van der Waals surface area (Å²) in [6.45, 7) is 24.0. The Kier molecular flexibility index (Phi) is 26.0. The van der Waals surface area contributed by atoms with Crippen LogP contribution in [0.1, 0.15) is 132 Å². The molecule has 4 N–H and O–H groups in total. The van der Waals surface area contributed by atoms with Crippen molar-refractivity contribution in [3.05, 3.63) is 206 Å². The number of rotatable bonds is 16. The summed E-state index contributed by atoms with van der Waals surface area (Å²) >= 11 is 22.7. The molecule has 0 bridgehead atoms. The van der Waals surface area contributed by atoms with E-state index >= 15 is 0 Å². The number of anilines is 3. The lowest BCUT2D eigenvalue weighted by Gasteiger charge is -2.29. The van der Waals surface area contributed by atoms with Crippen LogP contribution < -0.4 is 21.0 Å². The van der Waals surface area contributed by atoms with E-state index in [1.165, 1.54) is 55.3 Å². The Bertz CT molecular complexity index is 5960. The number of esters is 3. The first kappa shape index (κ1) is 86.3. The van der Waals surface area contributed by atoms with Gasteiger partial charge in [-0.25, -0.2) is 29.3 Å². The van der Waals surface area contributed by atoms with Gasteiger partial charge in [0.1, 0.15) is 0 Å². The number of benzene rings is 8. The van der Waals surface area contributed by atoms with E-state index in [2.05, 4.69) is 33.4 Å². The summed E-state index contributed by atoms with van der Waals surface area (Å²) in [6, 6.07) is 39.7. The molecule has 0 spiro atoms. The van der Waals surface area contributed by atoms with Gasteiger partial charge in [-0.2, -0.15) is 10.2 Å². The quantitative estimate of drug-likeness (QED) is 0.0460. The number of carbonyl (C=O) groups is 5. The smallest absolute Gasteiger partial charge is 0.467 e. The van der Waals surface area contributed by atoms with Gasteiger partial charge in [-0.05, 0) is 200 Å². The van der Waals surface area contributed by atoms with E-state index in [4.69, 9.17) is 89.0 Å². The lowest BCUT2D eigenvalue weighted by molar-refractivity contribution is -0.164. The SMILES string of the molecule is COC(=O)[C@@H](OC(C)(C)C)c1c(C)cc2nc(N)sc2c1-c1ccc(Cl)cc1.COC(=O)[C@@H](OC(C)(C)C)c1c(C)cc2nc(N3CC(c4ccc5c(cnn5C)c4)CC3=O)sc2c1-c1ccc(Cl)cc1.COC(=O)[C@@H](OC(C)(C)C)c1c(C)cc2nc(N3CC=CC3=O)sc2c1-c1ccc(Cl)cc1.Cn1ncc2cc(B(O)O)ccc21. The Labute approximate surface area is 704 Å². The number of aromatic nitrogens is 7. The molecule has 23 nitrogen and oxygen atoms in total. The lowest BCUT2D eigenvalue weighted by Crippen LogP contribution is -2.29. The largest absolute Gasteiger partial charge is 0.488 e. The number of nitrogens with zero attached hydrogens (tertiary/aromatic N) is 9. The molecule has 1 unspecified atom stereocenters. The molecule has 13 aromatic rings. The molecule has 8 aromatic carbocycles. The molecule has 608 valence electrons. The number of hydrogen-bond donors (Lipinski definition) is 3. The molecule has 0 radical (unpaired) electrons. The molecular weight excluding hydrogens is 1610 g/mol. The summed E-state index contributed by atoms with van der Waals surface area (Å²) in [4.78, 5) is 82.1. The van der Waals surface area contributed by atoms with Crippen molar-refractivity contribution < 1.29 is 62.4 Å². The molecule has 2 aliphatic heterocycles. The fourth-order valence-corrected chi connectivity index (χ4v) is 17.7. The van der Waals surface area contributed by atoms with E-state index in [1.807, 2.05) is 211 Å². The molecular formula is C87H90BCl3N10O13S3. The molecule has 2 aliphatic rings. The second kappa shape index (κ2) is 35.3. The summed E-state index contributed by atoms with van der Waals surface area (Å²) in [7, 11) is 6.44. The van der Waals surface area contributed by atoms with E-state index < -0.39 is 60.1 Å². The maximum Gasteiger partial charge on any atom is 0.488 e. The number of aryl methyl sites for hydroxylation is 5. The summed E-state index contributed by atoms with van der Waals surface area (Å²) < 4.78 is 40.3. The molecule has 5 aromatic heterocycles. The Morgan fingerprint density at radius 2 is 0.897 bits per heavy atom. The number of halogens is 3. The first-order chi connectivity index (χ1) is 55.3. The lowest BCUT2D eigenvalue weighted by atomic mass is 9.80. The van der Waals surface area contributed by atoms with Crippen LogP contribution in [-0.4, -0.2) is 133 Å². The molecule has 7 heterocycles. The Balaban J connectivity index is 0.000000153. The molecule has 1 fully saturated rings. The highest BCUT2D eigenvalue weighted by atomic mass is 35.5. The zero-order chi connectivity index (χ0) is 84.6. The predicted octanol–water partition coefficient (Wildman–Crippen LogP) is 18.0. The Morgan fingerprint density at radius 1 is 0.521 bits per heavy atom. The summed E-state index contributed by atoms with van der Waals surface area (Å²) in [5, 5.41) is 31.8. The number of carbonyl (C=O) groups excluding carboxylic acids is 5. The number of thiazole rings is 3. The van der Waals surface area contributed by atoms with E-state index in [9.17, 15) is 24.0 Å². The van der Waals surface area contributed by atoms with Crippen LogP contribution in [0.25, 0.3) is 85.8 Å². The molecule has 0 saturated carbocycles. The van der Waals surface area contributed by atoms with Crippen molar-refractivity contribution in [1.82, 2.24) is 34.5 Å². The van der Waals surface area contributed by atoms with Crippen LogP contribution >= 0.6 is 68.8 Å². The Hall–Kier alpha value is -10.0. The zero-order valence-electron chi connectivity index (χ0n) is 67.8. The Morgan fingerprint density at radius 3 is 1.27 bits per heavy atom. The number of fused-ring (bicyclic) bond motifs is 5. The van der Waals surface area contributed by atoms with Gasteiger partial charge in [-0.3, -0.25) is 28.8 Å². The summed E-state index contributed by atoms with van der Waals surface area (Å²) in [5.41, 5.74) is 20.0. The topological polar surface area (TPSA) is 288 Å². The monoisotopic (exact) mass is 1690 g/mol. The van der Waals surface area contributed by atoms with Gasteiger partial charge in [0.2, 0.25) is 5.91 Å². The van der Waals surface area contributed by atoms with Crippen molar-refractivity contribution >= 4 is 179 Å². The van der Waals surface area contributed by atoms with Crippen molar-refractivity contribution in [2.45, 2.75) is 131 Å². The van der Waals surface area contributed by atoms with E-state index in [0.717, 1.165) is 114 Å². The van der Waals surface area contributed by atoms with Crippen LogP contribution in [0.4, 0.5) is 15.4 Å². The van der Waals surface area contributed by atoms with Crippen LogP contribution in [0.2, 0.25) is 15.1 Å². The van der Waals surface area contributed by atoms with Gasteiger partial charge in [-0.1, -0.05) is 129 Å². The molecule has 1 saturated heterocycles. The van der Waals surface area contributed by atoms with Crippen molar-refractivity contribution in [3.63, 3.8) is 0 Å². The van der Waals surface area contributed by atoms with Crippen LogP contribution in [0, 0.1) is 20.8 Å². The molecule has 15 rings (SSSR count). The number of nitrogen functional groups attached to an aromatic ring is 1. The predicted molar refractivity (Wildman–Crippen MR) is 468 cm³/mol. The molecule has 117 heavy (non-hydrogen) atoms. The third kappa shape index (κ3) is 19.4. The zero-order valence-corrected chi connectivity index (χ0v) is 72.5. The van der Waals surface area contributed by atoms with Crippen LogP contribution in [-0.2, 0) is 66.5 Å². The molecule has 4 atom stereocenters. The van der Waals surface area contributed by atoms with Gasteiger partial charge in [0.15, 0.2) is 33.7 Å². The summed E-state index contributed by atoms with van der Waals surface area (Å²) in [5.74, 6) is -1.44. The van der Waals surface area contributed by atoms with Crippen LogP contribution in [0.3, 0.4) is 0 Å². The number of nitrogens with two attached hydrogens (primary N) is 1. The normalized spacial score (nSPS) is 14.5. The number of methoxy groups -OCH3 is 3. The highest BCUT2D eigenvalue weighted by molar-refractivity contribution is 7.23. The minimum Gasteiger partial charge on any atom is -0.467 e. The minimum absolute atomic E-state index is 0.0313. The van der Waals surface area contributed by atoms with Gasteiger partial charge in [-0.15, -0.1) is 0 Å². The maximum absolute atomic E-state index is 13.4. The van der Waals surface area contributed by atoms with Crippen LogP contribution in [0.5, 0.6) is 0 Å². The van der Waals surface area contributed by atoms with Gasteiger partial charge in [0, 0.05) is 105 Å². The second-order valence-electron chi connectivity index (χ2n) is 31.3. The first-order valence-electron chi connectivity index (χ1n) is 37.4. The van der Waals surface area contributed by atoms with Gasteiger partial charge < -0.3 is 44.2 Å². The molecule has 0 aliphatic carbocycles. The average molecular weight is 1700 g/mol. The third-order valence-corrected chi connectivity index (χ3v) is 23.2. The van der Waals surface area contributed by atoms with Crippen molar-refractivity contribution in [3.8, 4) is 33.4 Å². The highest BCUT2D eigenvalue weighted by Crippen LogP contribution is 2.49. The van der Waals surface area contributed by atoms with Crippen molar-refractivity contribution in [1.29, 1.82) is 0 Å². The summed E-state index contributed by atoms with van der Waals surface area (Å²) in [6.07, 6.45) is 4.52. The molecule has 2 amide bonds. The molecule has 30 heteroatoms. The van der Waals surface area contributed by atoms with E-state index in [1.54, 1.807) is 38.9 Å². The van der Waals surface area contributed by atoms with E-state index in [0.29, 0.717) is 66.6 Å². The minimum atomic E-state index is -1.41. The number of amides is 2. The maximum atomic E-state index is 13.4. The average Bonchev–Trinajstić information content (AvgIpc) is 1.14. The fourth-order valence-electron chi connectivity index (χ4n) is 14.1. The van der Waals surface area contributed by atoms with Gasteiger partial charge in [0.05, 0.1) is 92.2 Å². The number of ether oxygens (including phenoxy) is 6. The van der Waals surface area contributed by atoms with Crippen molar-refractivity contribution in [2.24, 2.45) is 14.1 Å². The first-order valence-corrected chi connectivity index (χ1v) is 41.0. The second-order valence-corrected chi connectivity index (χ2v) is 35.6. The third-order valence-electron chi connectivity index (χ3n) is 19.3. The highest BCUT2D eigenvalue weighted by Gasteiger charge is 2.39. The van der Waals surface area contributed by atoms with Gasteiger partial charge >= 0.3 is 25.0 Å².